The summed E-state index contributed by atoms with van der Waals surface area (Å²) in [6, 6.07) is 0. The molecule has 2 bridgehead atoms. The highest BCUT2D eigenvalue weighted by Crippen LogP contribution is 2.67. The van der Waals surface area contributed by atoms with Gasteiger partial charge in [0.25, 0.3) is 0 Å². The lowest BCUT2D eigenvalue weighted by atomic mass is 9.50. The molecular formula is C18H28O2. The lowest BCUT2D eigenvalue weighted by Gasteiger charge is -2.52. The summed E-state index contributed by atoms with van der Waals surface area (Å²) in [7, 11) is 0. The van der Waals surface area contributed by atoms with Crippen molar-refractivity contribution in [2.24, 2.45) is 17.3 Å². The van der Waals surface area contributed by atoms with Gasteiger partial charge in [-0.2, -0.15) is 0 Å². The van der Waals surface area contributed by atoms with Crippen LogP contribution in [-0.2, 0) is 4.74 Å². The van der Waals surface area contributed by atoms with Crippen molar-refractivity contribution in [1.29, 1.82) is 0 Å². The fourth-order valence-electron chi connectivity index (χ4n) is 6.28. The van der Waals surface area contributed by atoms with Gasteiger partial charge in [-0.1, -0.05) is 31.4 Å². The SMILES string of the molecule is C=C1CCCC[C@@H]1C12CCCC3(CCCCC31)OC2O. The summed E-state index contributed by atoms with van der Waals surface area (Å²) in [6.07, 6.45) is 13.1. The summed E-state index contributed by atoms with van der Waals surface area (Å²) in [5.41, 5.74) is 1.44. The molecule has 1 saturated heterocycles. The number of aliphatic hydroxyl groups is 1. The Labute approximate surface area is 122 Å². The van der Waals surface area contributed by atoms with E-state index < -0.39 is 6.29 Å². The Balaban J connectivity index is 1.75. The van der Waals surface area contributed by atoms with Crippen molar-refractivity contribution < 1.29 is 9.84 Å². The second kappa shape index (κ2) is 4.58. The number of allylic oxidation sites excluding steroid dienone is 1. The molecule has 4 fully saturated rings. The molecule has 3 saturated carbocycles. The molecule has 1 aliphatic heterocycles. The Morgan fingerprint density at radius 3 is 2.65 bits per heavy atom. The van der Waals surface area contributed by atoms with E-state index in [1.807, 2.05) is 0 Å². The van der Waals surface area contributed by atoms with E-state index in [-0.39, 0.29) is 11.0 Å². The first-order chi connectivity index (χ1) is 9.69. The van der Waals surface area contributed by atoms with E-state index in [4.69, 9.17) is 4.74 Å². The van der Waals surface area contributed by atoms with Gasteiger partial charge in [-0.05, 0) is 63.2 Å². The quantitative estimate of drug-likeness (QED) is 0.728. The van der Waals surface area contributed by atoms with E-state index >= 15 is 0 Å². The highest BCUT2D eigenvalue weighted by molar-refractivity contribution is 5.20. The molecule has 0 aromatic heterocycles. The lowest BCUT2D eigenvalue weighted by molar-refractivity contribution is -0.168. The highest BCUT2D eigenvalue weighted by Gasteiger charge is 2.67. The molecular weight excluding hydrogens is 248 g/mol. The molecule has 0 aromatic rings. The van der Waals surface area contributed by atoms with Crippen LogP contribution in [-0.4, -0.2) is 17.0 Å². The minimum atomic E-state index is -0.534. The zero-order chi connectivity index (χ0) is 13.8. The molecule has 5 atom stereocenters. The van der Waals surface area contributed by atoms with E-state index in [9.17, 15) is 5.11 Å². The summed E-state index contributed by atoms with van der Waals surface area (Å²) in [5.74, 6) is 1.10. The Bertz CT molecular complexity index is 414. The van der Waals surface area contributed by atoms with Crippen molar-refractivity contribution in [3.63, 3.8) is 0 Å². The summed E-state index contributed by atoms with van der Waals surface area (Å²) in [5, 5.41) is 10.9. The summed E-state index contributed by atoms with van der Waals surface area (Å²) in [4.78, 5) is 0. The Hall–Kier alpha value is -0.340. The fourth-order valence-corrected chi connectivity index (χ4v) is 6.28. The second-order valence-electron chi connectivity index (χ2n) is 7.76. The fraction of sp³-hybridized carbons (Fsp3) is 0.889. The first-order valence-corrected chi connectivity index (χ1v) is 8.73. The molecule has 112 valence electrons. The van der Waals surface area contributed by atoms with Crippen LogP contribution in [0.3, 0.4) is 0 Å². The van der Waals surface area contributed by atoms with E-state index in [2.05, 4.69) is 6.58 Å². The van der Waals surface area contributed by atoms with Gasteiger partial charge in [-0.15, -0.1) is 0 Å². The van der Waals surface area contributed by atoms with E-state index in [0.717, 1.165) is 6.42 Å². The molecule has 4 aliphatic rings. The van der Waals surface area contributed by atoms with Gasteiger partial charge >= 0.3 is 0 Å². The van der Waals surface area contributed by atoms with E-state index in [1.165, 1.54) is 69.8 Å². The van der Waals surface area contributed by atoms with Crippen LogP contribution in [0, 0.1) is 17.3 Å². The van der Waals surface area contributed by atoms with Gasteiger partial charge in [0.15, 0.2) is 6.29 Å². The monoisotopic (exact) mass is 276 g/mol. The highest BCUT2D eigenvalue weighted by atomic mass is 16.6. The molecule has 0 aromatic carbocycles. The van der Waals surface area contributed by atoms with Crippen molar-refractivity contribution in [1.82, 2.24) is 0 Å². The van der Waals surface area contributed by atoms with Crippen LogP contribution in [0.5, 0.6) is 0 Å². The minimum absolute atomic E-state index is 0.0101. The predicted molar refractivity (Wildman–Crippen MR) is 79.2 cm³/mol. The minimum Gasteiger partial charge on any atom is -0.367 e. The van der Waals surface area contributed by atoms with Crippen molar-refractivity contribution in [2.45, 2.75) is 82.5 Å². The standard InChI is InChI=1S/C18H28O2/c1-13-7-2-3-8-14(13)18-12-6-11-17(20-16(18)19)10-5-4-9-15(17)18/h14-16,19H,1-12H2/t14-,15?,16?,17?,18?/m0/s1. The molecule has 4 unspecified atom stereocenters. The molecule has 1 heterocycles. The third-order valence-electron chi connectivity index (χ3n) is 7.02. The second-order valence-corrected chi connectivity index (χ2v) is 7.76. The largest absolute Gasteiger partial charge is 0.367 e. The third-order valence-corrected chi connectivity index (χ3v) is 7.02. The van der Waals surface area contributed by atoms with Crippen LogP contribution in [0.1, 0.15) is 70.6 Å². The van der Waals surface area contributed by atoms with E-state index in [1.54, 1.807) is 0 Å². The summed E-state index contributed by atoms with van der Waals surface area (Å²) in [6.45, 7) is 4.39. The van der Waals surface area contributed by atoms with Gasteiger partial charge in [0.1, 0.15) is 0 Å². The molecule has 0 amide bonds. The molecule has 4 rings (SSSR count). The zero-order valence-electron chi connectivity index (χ0n) is 12.6. The maximum Gasteiger partial charge on any atom is 0.161 e. The normalized spacial score (nSPS) is 51.9. The van der Waals surface area contributed by atoms with Crippen molar-refractivity contribution >= 4 is 0 Å². The maximum absolute atomic E-state index is 10.9. The first kappa shape index (κ1) is 13.3. The molecule has 3 aliphatic carbocycles. The molecule has 1 N–H and O–H groups in total. The number of hydrogen-bond acceptors (Lipinski definition) is 2. The predicted octanol–water partition coefficient (Wildman–Crippen LogP) is 4.18. The average Bonchev–Trinajstić information content (AvgIpc) is 2.61. The molecule has 2 nitrogen and oxygen atoms in total. The van der Waals surface area contributed by atoms with Crippen LogP contribution in [0.15, 0.2) is 12.2 Å². The van der Waals surface area contributed by atoms with Crippen molar-refractivity contribution in [2.75, 3.05) is 0 Å². The van der Waals surface area contributed by atoms with Crippen molar-refractivity contribution in [3.8, 4) is 0 Å². The Kier molecular flexibility index (Phi) is 3.05. The van der Waals surface area contributed by atoms with Crippen molar-refractivity contribution in [3.05, 3.63) is 12.2 Å². The Morgan fingerprint density at radius 2 is 1.80 bits per heavy atom. The number of hydrogen-bond donors (Lipinski definition) is 1. The number of aliphatic hydroxyl groups excluding tert-OH is 1. The smallest absolute Gasteiger partial charge is 0.161 e. The van der Waals surface area contributed by atoms with E-state index in [0.29, 0.717) is 11.8 Å². The molecule has 2 heteroatoms. The Morgan fingerprint density at radius 1 is 1.00 bits per heavy atom. The average molecular weight is 276 g/mol. The molecule has 0 spiro atoms. The summed E-state index contributed by atoms with van der Waals surface area (Å²) >= 11 is 0. The van der Waals surface area contributed by atoms with Gasteiger partial charge in [-0.3, -0.25) is 0 Å². The molecule has 0 radical (unpaired) electrons. The zero-order valence-corrected chi connectivity index (χ0v) is 12.6. The van der Waals surface area contributed by atoms with Crippen LogP contribution >= 0.6 is 0 Å². The van der Waals surface area contributed by atoms with Crippen LogP contribution < -0.4 is 0 Å². The topological polar surface area (TPSA) is 29.5 Å². The first-order valence-electron chi connectivity index (χ1n) is 8.73. The molecule has 20 heavy (non-hydrogen) atoms. The van der Waals surface area contributed by atoms with Gasteiger partial charge in [-0.25, -0.2) is 0 Å². The van der Waals surface area contributed by atoms with Crippen LogP contribution in [0.4, 0.5) is 0 Å². The van der Waals surface area contributed by atoms with Crippen LogP contribution in [0.25, 0.3) is 0 Å². The van der Waals surface area contributed by atoms with Gasteiger partial charge < -0.3 is 9.84 Å². The van der Waals surface area contributed by atoms with Gasteiger partial charge in [0, 0.05) is 5.41 Å². The maximum atomic E-state index is 10.9. The van der Waals surface area contributed by atoms with Gasteiger partial charge in [0.05, 0.1) is 5.60 Å². The lowest BCUT2D eigenvalue weighted by Crippen LogP contribution is -2.51. The third kappa shape index (κ3) is 1.58. The van der Waals surface area contributed by atoms with Gasteiger partial charge in [0.2, 0.25) is 0 Å². The number of rotatable bonds is 1. The summed E-state index contributed by atoms with van der Waals surface area (Å²) < 4.78 is 6.30. The van der Waals surface area contributed by atoms with Crippen LogP contribution in [0.2, 0.25) is 0 Å². The number of ether oxygens (including phenoxy) is 1.